The van der Waals surface area contributed by atoms with Crippen LogP contribution in [0.5, 0.6) is 0 Å². The van der Waals surface area contributed by atoms with Crippen molar-refractivity contribution in [2.24, 2.45) is 5.11 Å². The third-order valence-corrected chi connectivity index (χ3v) is 4.97. The Labute approximate surface area is 164 Å². The highest BCUT2D eigenvalue weighted by molar-refractivity contribution is 5.15. The molecule has 148 valence electrons. The number of azide groups is 1. The molecule has 7 heteroatoms. The molecule has 0 unspecified atom stereocenters. The molecule has 1 N–H and O–H groups in total. The Balaban J connectivity index is 1.77. The molecule has 1 aliphatic carbocycles. The van der Waals surface area contributed by atoms with E-state index in [-0.39, 0.29) is 6.10 Å². The average molecular weight is 383 g/mol. The Morgan fingerprint density at radius 1 is 0.964 bits per heavy atom. The first-order valence-electron chi connectivity index (χ1n) is 9.29. The summed E-state index contributed by atoms with van der Waals surface area (Å²) < 4.78 is 17.8. The van der Waals surface area contributed by atoms with Crippen LogP contribution in [0.4, 0.5) is 0 Å². The summed E-state index contributed by atoms with van der Waals surface area (Å²) >= 11 is 0. The number of aliphatic hydroxyl groups is 1. The lowest BCUT2D eigenvalue weighted by atomic mass is 9.85. The van der Waals surface area contributed by atoms with E-state index in [0.717, 1.165) is 11.1 Å². The van der Waals surface area contributed by atoms with Crippen molar-refractivity contribution in [2.45, 2.75) is 50.1 Å². The SMILES string of the molecule is CO[C@H]1C[C@H](N=[N+]=[N-])[C@@H](O)[C@H](OCc2ccccc2)[C@H]1OCc1ccccc1. The summed E-state index contributed by atoms with van der Waals surface area (Å²) in [5, 5.41) is 14.5. The van der Waals surface area contributed by atoms with Crippen LogP contribution in [0.3, 0.4) is 0 Å². The summed E-state index contributed by atoms with van der Waals surface area (Å²) in [6.07, 6.45) is -2.14. The molecule has 1 aliphatic rings. The van der Waals surface area contributed by atoms with Crippen LogP contribution in [0.15, 0.2) is 65.8 Å². The minimum Gasteiger partial charge on any atom is -0.390 e. The van der Waals surface area contributed by atoms with Gasteiger partial charge in [0.15, 0.2) is 0 Å². The lowest BCUT2D eigenvalue weighted by Crippen LogP contribution is -2.57. The van der Waals surface area contributed by atoms with E-state index < -0.39 is 24.4 Å². The topological polar surface area (TPSA) is 96.7 Å². The van der Waals surface area contributed by atoms with Crippen molar-refractivity contribution in [1.82, 2.24) is 0 Å². The van der Waals surface area contributed by atoms with Crippen molar-refractivity contribution in [3.05, 3.63) is 82.2 Å². The Hall–Kier alpha value is -2.41. The molecule has 0 amide bonds. The van der Waals surface area contributed by atoms with Crippen LogP contribution >= 0.6 is 0 Å². The van der Waals surface area contributed by atoms with Gasteiger partial charge in [-0.2, -0.15) is 0 Å². The third kappa shape index (κ3) is 5.10. The van der Waals surface area contributed by atoms with E-state index in [9.17, 15) is 5.11 Å². The van der Waals surface area contributed by atoms with Crippen LogP contribution < -0.4 is 0 Å². The monoisotopic (exact) mass is 383 g/mol. The fraction of sp³-hybridized carbons (Fsp3) is 0.429. The van der Waals surface area contributed by atoms with Gasteiger partial charge in [-0.1, -0.05) is 65.8 Å². The van der Waals surface area contributed by atoms with Gasteiger partial charge in [0, 0.05) is 12.0 Å². The Bertz CT molecular complexity index is 768. The summed E-state index contributed by atoms with van der Waals surface area (Å²) in [5.41, 5.74) is 10.8. The quantitative estimate of drug-likeness (QED) is 0.428. The second-order valence-corrected chi connectivity index (χ2v) is 6.80. The minimum absolute atomic E-state index is 0.313. The molecule has 28 heavy (non-hydrogen) atoms. The largest absolute Gasteiger partial charge is 0.390 e. The lowest BCUT2D eigenvalue weighted by Gasteiger charge is -2.42. The summed E-state index contributed by atoms with van der Waals surface area (Å²) in [7, 11) is 1.59. The van der Waals surface area contributed by atoms with Crippen molar-refractivity contribution >= 4 is 0 Å². The van der Waals surface area contributed by atoms with Crippen molar-refractivity contribution in [1.29, 1.82) is 0 Å². The van der Waals surface area contributed by atoms with E-state index in [1.165, 1.54) is 0 Å². The zero-order valence-corrected chi connectivity index (χ0v) is 15.8. The maximum absolute atomic E-state index is 10.8. The Morgan fingerprint density at radius 2 is 1.50 bits per heavy atom. The highest BCUT2D eigenvalue weighted by Crippen LogP contribution is 2.30. The molecule has 1 saturated carbocycles. The standard InChI is InChI=1S/C21H25N3O4/c1-26-18-12-17(23-24-22)19(25)21(28-14-16-10-6-3-7-11-16)20(18)27-13-15-8-4-2-5-9-15/h2-11,17-21,25H,12-14H2,1H3/t17-,18-,19+,20-,21-/m0/s1. The van der Waals surface area contributed by atoms with E-state index in [4.69, 9.17) is 19.7 Å². The number of nitrogens with zero attached hydrogens (tertiary/aromatic N) is 3. The molecule has 3 rings (SSSR count). The highest BCUT2D eigenvalue weighted by atomic mass is 16.6. The molecule has 0 aliphatic heterocycles. The number of hydrogen-bond acceptors (Lipinski definition) is 5. The van der Waals surface area contributed by atoms with Crippen LogP contribution in [0, 0.1) is 0 Å². The molecule has 0 aromatic heterocycles. The molecule has 0 heterocycles. The van der Waals surface area contributed by atoms with Gasteiger partial charge in [0.25, 0.3) is 0 Å². The molecule has 2 aromatic carbocycles. The smallest absolute Gasteiger partial charge is 0.113 e. The zero-order chi connectivity index (χ0) is 19.8. The average Bonchev–Trinajstić information content (AvgIpc) is 2.74. The van der Waals surface area contributed by atoms with E-state index in [1.807, 2.05) is 60.7 Å². The molecule has 2 aromatic rings. The molecule has 0 saturated heterocycles. The fourth-order valence-electron chi connectivity index (χ4n) is 3.48. The van der Waals surface area contributed by atoms with Crippen molar-refractivity contribution in [3.63, 3.8) is 0 Å². The lowest BCUT2D eigenvalue weighted by molar-refractivity contribution is -0.198. The van der Waals surface area contributed by atoms with Gasteiger partial charge in [-0.25, -0.2) is 0 Å². The van der Waals surface area contributed by atoms with E-state index >= 15 is 0 Å². The summed E-state index contributed by atoms with van der Waals surface area (Å²) in [5.74, 6) is 0. The van der Waals surface area contributed by atoms with Crippen molar-refractivity contribution in [3.8, 4) is 0 Å². The first kappa shape index (κ1) is 20.3. The van der Waals surface area contributed by atoms with Gasteiger partial charge in [0.1, 0.15) is 12.2 Å². The normalized spacial score (nSPS) is 27.1. The molecule has 0 spiro atoms. The number of hydrogen-bond donors (Lipinski definition) is 1. The molecule has 1 fully saturated rings. The first-order valence-corrected chi connectivity index (χ1v) is 9.29. The number of ether oxygens (including phenoxy) is 3. The number of methoxy groups -OCH3 is 1. The van der Waals surface area contributed by atoms with Crippen molar-refractivity contribution < 1.29 is 19.3 Å². The Kier molecular flexibility index (Phi) is 7.42. The Morgan fingerprint density at radius 3 is 2.00 bits per heavy atom. The molecule has 5 atom stereocenters. The summed E-state index contributed by atoms with van der Waals surface area (Å²) in [6, 6.07) is 18.9. The highest BCUT2D eigenvalue weighted by Gasteiger charge is 2.45. The zero-order valence-electron chi connectivity index (χ0n) is 15.8. The molecular weight excluding hydrogens is 358 g/mol. The van der Waals surface area contributed by atoms with E-state index in [2.05, 4.69) is 10.0 Å². The number of rotatable bonds is 8. The van der Waals surface area contributed by atoms with Gasteiger partial charge in [-0.05, 0) is 23.1 Å². The summed E-state index contributed by atoms with van der Waals surface area (Å²) in [4.78, 5) is 2.86. The maximum Gasteiger partial charge on any atom is 0.113 e. The van der Waals surface area contributed by atoms with E-state index in [0.29, 0.717) is 19.6 Å². The van der Waals surface area contributed by atoms with Crippen LogP contribution in [0.1, 0.15) is 17.5 Å². The number of benzene rings is 2. The second kappa shape index (κ2) is 10.2. The van der Waals surface area contributed by atoms with Crippen molar-refractivity contribution in [2.75, 3.05) is 7.11 Å². The maximum atomic E-state index is 10.8. The predicted octanol–water partition coefficient (Wildman–Crippen LogP) is 3.62. The molecule has 0 radical (unpaired) electrons. The van der Waals surface area contributed by atoms with Gasteiger partial charge < -0.3 is 19.3 Å². The van der Waals surface area contributed by atoms with Gasteiger partial charge in [-0.15, -0.1) is 0 Å². The van der Waals surface area contributed by atoms with Gasteiger partial charge in [0.2, 0.25) is 0 Å². The fourth-order valence-corrected chi connectivity index (χ4v) is 3.48. The summed E-state index contributed by atoms with van der Waals surface area (Å²) in [6.45, 7) is 0.683. The second-order valence-electron chi connectivity index (χ2n) is 6.80. The minimum atomic E-state index is -0.980. The van der Waals surface area contributed by atoms with Crippen LogP contribution in [-0.4, -0.2) is 42.7 Å². The predicted molar refractivity (Wildman–Crippen MR) is 104 cm³/mol. The molecular formula is C21H25N3O4. The first-order chi connectivity index (χ1) is 13.7. The van der Waals surface area contributed by atoms with Gasteiger partial charge in [0.05, 0.1) is 31.5 Å². The molecule has 7 nitrogen and oxygen atoms in total. The van der Waals surface area contributed by atoms with Crippen LogP contribution in [-0.2, 0) is 27.4 Å². The van der Waals surface area contributed by atoms with Gasteiger partial charge >= 0.3 is 0 Å². The van der Waals surface area contributed by atoms with Crippen LogP contribution in [0.25, 0.3) is 10.4 Å². The van der Waals surface area contributed by atoms with Crippen LogP contribution in [0.2, 0.25) is 0 Å². The molecule has 0 bridgehead atoms. The third-order valence-electron chi connectivity index (χ3n) is 4.97. The number of aliphatic hydroxyl groups excluding tert-OH is 1. The van der Waals surface area contributed by atoms with Gasteiger partial charge in [-0.3, -0.25) is 0 Å². The van der Waals surface area contributed by atoms with E-state index in [1.54, 1.807) is 7.11 Å².